The van der Waals surface area contributed by atoms with Crippen molar-refractivity contribution in [3.05, 3.63) is 231 Å². The standard InChI is InChI=1S/C62H38O2/c1-7-19-39(20-8-1)45-31-49(43-27-15-5-16-28-43)61-53(35-45)57-51-33-47(41-23-11-3-12-24-41)38-56-60(51)58(52-34-48(37-55(63-61)59(52)57)42-25-13-4-14-26-42)54-36-46(40-21-9-2-10-22-40)32-50(62(54)64-56)44-29-17-6-18-30-44/h1-38H. The van der Waals surface area contributed by atoms with E-state index in [-0.39, 0.29) is 0 Å². The van der Waals surface area contributed by atoms with Crippen LogP contribution >= 0.6 is 0 Å². The molecule has 0 aliphatic rings. The lowest BCUT2D eigenvalue weighted by Crippen LogP contribution is -1.95. The van der Waals surface area contributed by atoms with E-state index >= 15 is 0 Å². The van der Waals surface area contributed by atoms with Crippen molar-refractivity contribution in [3.63, 3.8) is 0 Å². The fraction of sp³-hybridized carbons (Fsp3) is 0. The Kier molecular flexibility index (Phi) is 8.25. The molecule has 0 amide bonds. The average molecular weight is 815 g/mol. The molecule has 11 aromatic carbocycles. The molecule has 64 heavy (non-hydrogen) atoms. The molecule has 0 saturated heterocycles. The number of hydrogen-bond donors (Lipinski definition) is 0. The third kappa shape index (κ3) is 5.81. The molecule has 0 aliphatic carbocycles. The zero-order valence-corrected chi connectivity index (χ0v) is 34.8. The van der Waals surface area contributed by atoms with Crippen molar-refractivity contribution in [3.8, 4) is 66.8 Å². The van der Waals surface area contributed by atoms with E-state index in [1.54, 1.807) is 0 Å². The van der Waals surface area contributed by atoms with Crippen LogP contribution in [0.25, 0.3) is 132 Å². The first-order valence-electron chi connectivity index (χ1n) is 21.9. The quantitative estimate of drug-likeness (QED) is 0.123. The van der Waals surface area contributed by atoms with E-state index in [0.29, 0.717) is 0 Å². The maximum Gasteiger partial charge on any atom is 0.143 e. The third-order valence-corrected chi connectivity index (χ3v) is 13.0. The second-order valence-electron chi connectivity index (χ2n) is 16.7. The zero-order valence-electron chi connectivity index (χ0n) is 34.8. The van der Waals surface area contributed by atoms with Crippen molar-refractivity contribution < 1.29 is 8.83 Å². The van der Waals surface area contributed by atoms with E-state index in [1.807, 2.05) is 0 Å². The van der Waals surface area contributed by atoms with E-state index < -0.39 is 0 Å². The smallest absolute Gasteiger partial charge is 0.143 e. The van der Waals surface area contributed by atoms with Crippen LogP contribution in [-0.4, -0.2) is 0 Å². The van der Waals surface area contributed by atoms with Crippen LogP contribution in [0.3, 0.4) is 0 Å². The molecule has 0 radical (unpaired) electrons. The van der Waals surface area contributed by atoms with E-state index in [4.69, 9.17) is 8.83 Å². The topological polar surface area (TPSA) is 26.3 Å². The van der Waals surface area contributed by atoms with Crippen LogP contribution in [0.5, 0.6) is 0 Å². The number of fused-ring (bicyclic) bond motifs is 6. The molecule has 0 bridgehead atoms. The minimum Gasteiger partial charge on any atom is -0.455 e. The predicted molar refractivity (Wildman–Crippen MR) is 269 cm³/mol. The van der Waals surface area contributed by atoms with Gasteiger partial charge in [-0.05, 0) is 115 Å². The van der Waals surface area contributed by atoms with E-state index in [0.717, 1.165) is 132 Å². The van der Waals surface area contributed by atoms with Gasteiger partial charge in [0.05, 0.1) is 0 Å². The Morgan fingerprint density at radius 2 is 0.469 bits per heavy atom. The Hall–Kier alpha value is -8.46. The van der Waals surface area contributed by atoms with Gasteiger partial charge in [-0.15, -0.1) is 0 Å². The van der Waals surface area contributed by atoms with Crippen LogP contribution in [0.15, 0.2) is 239 Å². The molecule has 0 N–H and O–H groups in total. The largest absolute Gasteiger partial charge is 0.455 e. The van der Waals surface area contributed by atoms with Crippen LogP contribution in [0.2, 0.25) is 0 Å². The monoisotopic (exact) mass is 814 g/mol. The Morgan fingerprint density at radius 1 is 0.203 bits per heavy atom. The van der Waals surface area contributed by atoms with Crippen molar-refractivity contribution in [2.75, 3.05) is 0 Å². The van der Waals surface area contributed by atoms with Gasteiger partial charge in [0.25, 0.3) is 0 Å². The van der Waals surface area contributed by atoms with Crippen molar-refractivity contribution in [1.29, 1.82) is 0 Å². The van der Waals surface area contributed by atoms with Crippen molar-refractivity contribution in [1.82, 2.24) is 0 Å². The molecule has 0 saturated carbocycles. The summed E-state index contributed by atoms with van der Waals surface area (Å²) in [6, 6.07) is 82.6. The normalized spacial score (nSPS) is 11.8. The Balaban J connectivity index is 1.31. The summed E-state index contributed by atoms with van der Waals surface area (Å²) in [6.07, 6.45) is 0. The zero-order chi connectivity index (χ0) is 42.1. The first-order chi connectivity index (χ1) is 31.7. The number of hydrogen-bond acceptors (Lipinski definition) is 2. The Morgan fingerprint density at radius 3 is 0.781 bits per heavy atom. The van der Waals surface area contributed by atoms with Crippen molar-refractivity contribution in [2.24, 2.45) is 0 Å². The van der Waals surface area contributed by atoms with Gasteiger partial charge in [-0.2, -0.15) is 0 Å². The maximum atomic E-state index is 7.44. The molecule has 298 valence electrons. The lowest BCUT2D eigenvalue weighted by Gasteiger charge is -2.21. The molecule has 0 spiro atoms. The molecule has 2 heteroatoms. The molecule has 0 fully saturated rings. The summed E-state index contributed by atoms with van der Waals surface area (Å²) in [7, 11) is 0. The van der Waals surface area contributed by atoms with Crippen LogP contribution in [0.1, 0.15) is 0 Å². The van der Waals surface area contributed by atoms with Crippen molar-refractivity contribution in [2.45, 2.75) is 0 Å². The lowest BCUT2D eigenvalue weighted by molar-refractivity contribution is 0.662. The number of benzene rings is 11. The molecular formula is C62H38O2. The Bertz CT molecular complexity index is 3630. The van der Waals surface area contributed by atoms with Gasteiger partial charge in [-0.1, -0.05) is 182 Å². The minimum absolute atomic E-state index is 0.837. The second-order valence-corrected chi connectivity index (χ2v) is 16.7. The highest BCUT2D eigenvalue weighted by atomic mass is 16.3. The average Bonchev–Trinajstić information content (AvgIpc) is 3.37. The molecule has 2 aromatic heterocycles. The van der Waals surface area contributed by atoms with E-state index in [2.05, 4.69) is 231 Å². The summed E-state index contributed by atoms with van der Waals surface area (Å²) in [4.78, 5) is 0. The van der Waals surface area contributed by atoms with Gasteiger partial charge in [0.2, 0.25) is 0 Å². The van der Waals surface area contributed by atoms with Gasteiger partial charge in [0.1, 0.15) is 22.3 Å². The summed E-state index contributed by atoms with van der Waals surface area (Å²) >= 11 is 0. The first-order valence-corrected chi connectivity index (χ1v) is 21.9. The lowest BCUT2D eigenvalue weighted by atomic mass is 9.85. The van der Waals surface area contributed by atoms with Crippen molar-refractivity contribution >= 4 is 65.4 Å². The summed E-state index contributed by atoms with van der Waals surface area (Å²) in [5.74, 6) is 0. The number of rotatable bonds is 6. The molecule has 2 heterocycles. The maximum absolute atomic E-state index is 7.44. The molecule has 13 rings (SSSR count). The van der Waals surface area contributed by atoms with Crippen LogP contribution in [-0.2, 0) is 0 Å². The van der Waals surface area contributed by atoms with Gasteiger partial charge in [0.15, 0.2) is 0 Å². The van der Waals surface area contributed by atoms with E-state index in [1.165, 1.54) is 0 Å². The van der Waals surface area contributed by atoms with Crippen LogP contribution < -0.4 is 0 Å². The summed E-state index contributed by atoms with van der Waals surface area (Å²) in [5, 5.41) is 8.84. The highest BCUT2D eigenvalue weighted by molar-refractivity contribution is 6.41. The second kappa shape index (κ2) is 14.6. The SMILES string of the molecule is c1ccc(-c2cc(-c3ccccc3)c3oc4cc(-c5ccccc5)cc5c4c(c3c2)c2cc(-c3ccccc3)cc3oc4c(-c6ccccc6)cc(-c6ccccc6)cc4c5c32)cc1. The Labute approximate surface area is 369 Å². The molecule has 13 aromatic rings. The third-order valence-electron chi connectivity index (χ3n) is 13.0. The first kappa shape index (κ1) is 36.2. The van der Waals surface area contributed by atoms with Gasteiger partial charge in [0, 0.05) is 43.4 Å². The van der Waals surface area contributed by atoms with Gasteiger partial charge in [-0.3, -0.25) is 0 Å². The molecule has 2 nitrogen and oxygen atoms in total. The molecule has 0 aliphatic heterocycles. The van der Waals surface area contributed by atoms with Crippen LogP contribution in [0, 0.1) is 0 Å². The van der Waals surface area contributed by atoms with Gasteiger partial charge in [-0.25, -0.2) is 0 Å². The van der Waals surface area contributed by atoms with Gasteiger partial charge >= 0.3 is 0 Å². The predicted octanol–water partition coefficient (Wildman–Crippen LogP) is 17.8. The minimum atomic E-state index is 0.837. The summed E-state index contributed by atoms with van der Waals surface area (Å²) in [5.41, 5.74) is 16.7. The summed E-state index contributed by atoms with van der Waals surface area (Å²) in [6.45, 7) is 0. The van der Waals surface area contributed by atoms with Crippen LogP contribution in [0.4, 0.5) is 0 Å². The molecule has 0 unspecified atom stereocenters. The highest BCUT2D eigenvalue weighted by Crippen LogP contribution is 2.51. The highest BCUT2D eigenvalue weighted by Gasteiger charge is 2.25. The fourth-order valence-corrected chi connectivity index (χ4v) is 10.1. The fourth-order valence-electron chi connectivity index (χ4n) is 10.1. The summed E-state index contributed by atoms with van der Waals surface area (Å²) < 4.78 is 14.9. The molecular weight excluding hydrogens is 777 g/mol. The molecule has 0 atom stereocenters. The van der Waals surface area contributed by atoms with E-state index in [9.17, 15) is 0 Å². The van der Waals surface area contributed by atoms with Gasteiger partial charge < -0.3 is 8.83 Å².